The number of aliphatic carboxylic acids is 3. The first-order chi connectivity index (χ1) is 10.1. The van der Waals surface area contributed by atoms with Crippen molar-refractivity contribution in [2.45, 2.75) is 26.7 Å². The third kappa shape index (κ3) is 38.1. The minimum atomic E-state index is -1.11. The molecule has 9 N–H and O–H groups in total. The van der Waals surface area contributed by atoms with E-state index in [-0.39, 0.29) is 19.1 Å². The number of nitrogens with two attached hydrogens (primary N) is 2. The fourth-order valence-electron chi connectivity index (χ4n) is 0.448. The Balaban J connectivity index is -0.000000117. The lowest BCUT2D eigenvalue weighted by atomic mass is 10.4. The van der Waals surface area contributed by atoms with Crippen LogP contribution in [0.1, 0.15) is 26.7 Å². The molecule has 0 unspecified atom stereocenters. The summed E-state index contributed by atoms with van der Waals surface area (Å²) in [5, 5.41) is 51.6. The molecular formula is C10H19N5O8. The Hall–Kier alpha value is -3.56. The van der Waals surface area contributed by atoms with Crippen molar-refractivity contribution in [3.8, 4) is 6.07 Å². The van der Waals surface area contributed by atoms with Gasteiger partial charge >= 0.3 is 17.9 Å². The molecule has 0 aliphatic carbocycles. The Morgan fingerprint density at radius 1 is 0.870 bits per heavy atom. The van der Waals surface area contributed by atoms with Crippen molar-refractivity contribution in [2.75, 3.05) is 0 Å². The molecule has 0 atom stereocenters. The van der Waals surface area contributed by atoms with Crippen molar-refractivity contribution in [3.63, 3.8) is 0 Å². The number of carbonyl (C=O) groups is 3. The third-order valence-electron chi connectivity index (χ3n) is 1.15. The standard InChI is InChI=1S/2C3H6N2O3.C3H3NO2.CH4/c2*4-2(5-8)1-3(6)7;4-2-1-3(5)6;/h2*8H,1H2,(H2,4,5)(H,6,7);1H2,(H,5,6);1H4. The average Bonchev–Trinajstić information content (AvgIpc) is 2.38. The minimum Gasteiger partial charge on any atom is -0.481 e. The van der Waals surface area contributed by atoms with Gasteiger partial charge in [0.2, 0.25) is 0 Å². The molecule has 0 aliphatic rings. The van der Waals surface area contributed by atoms with Crippen LogP contribution < -0.4 is 11.5 Å². The summed E-state index contributed by atoms with van der Waals surface area (Å²) in [5.74, 6) is -3.88. The molecule has 0 bridgehead atoms. The molecule has 13 nitrogen and oxygen atoms in total. The maximum absolute atomic E-state index is 9.70. The van der Waals surface area contributed by atoms with Crippen molar-refractivity contribution in [3.05, 3.63) is 0 Å². The third-order valence-corrected chi connectivity index (χ3v) is 1.15. The molecular weight excluding hydrogens is 318 g/mol. The Kier molecular flexibility index (Phi) is 22.2. The van der Waals surface area contributed by atoms with E-state index in [4.69, 9.17) is 42.5 Å². The van der Waals surface area contributed by atoms with Gasteiger partial charge in [-0.3, -0.25) is 14.4 Å². The highest BCUT2D eigenvalue weighted by atomic mass is 16.4. The number of amidine groups is 2. The van der Waals surface area contributed by atoms with E-state index in [1.165, 1.54) is 6.07 Å². The molecule has 132 valence electrons. The summed E-state index contributed by atoms with van der Waals surface area (Å²) in [5.41, 5.74) is 9.59. The molecule has 0 saturated heterocycles. The van der Waals surface area contributed by atoms with Crippen LogP contribution in [-0.4, -0.2) is 55.3 Å². The van der Waals surface area contributed by atoms with Crippen LogP contribution in [0.2, 0.25) is 0 Å². The zero-order valence-corrected chi connectivity index (χ0v) is 11.1. The van der Waals surface area contributed by atoms with Crippen LogP contribution in [0.25, 0.3) is 0 Å². The van der Waals surface area contributed by atoms with E-state index in [9.17, 15) is 14.4 Å². The van der Waals surface area contributed by atoms with Gasteiger partial charge in [-0.15, -0.1) is 0 Å². The van der Waals surface area contributed by atoms with Crippen LogP contribution in [0.5, 0.6) is 0 Å². The lowest BCUT2D eigenvalue weighted by molar-refractivity contribution is -0.136. The van der Waals surface area contributed by atoms with E-state index >= 15 is 0 Å². The highest BCUT2D eigenvalue weighted by Gasteiger charge is 1.99. The van der Waals surface area contributed by atoms with Gasteiger partial charge in [0.25, 0.3) is 0 Å². The molecule has 0 heterocycles. The number of oxime groups is 2. The predicted octanol–water partition coefficient (Wildman–Crippen LogP) is -0.964. The second kappa shape index (κ2) is 18.4. The van der Waals surface area contributed by atoms with Crippen molar-refractivity contribution in [1.29, 1.82) is 5.26 Å². The molecule has 23 heavy (non-hydrogen) atoms. The molecule has 0 aromatic carbocycles. The molecule has 0 radical (unpaired) electrons. The average molecular weight is 337 g/mol. The monoisotopic (exact) mass is 337 g/mol. The number of hydrogen-bond acceptors (Lipinski definition) is 8. The number of carboxylic acids is 3. The van der Waals surface area contributed by atoms with Crippen LogP contribution in [-0.2, 0) is 14.4 Å². The summed E-state index contributed by atoms with van der Waals surface area (Å²) in [6.07, 6.45) is -1.24. The van der Waals surface area contributed by atoms with E-state index in [1.54, 1.807) is 0 Å². The number of hydrogen-bond donors (Lipinski definition) is 7. The second-order valence-electron chi connectivity index (χ2n) is 3.05. The molecule has 0 saturated carbocycles. The quantitative estimate of drug-likeness (QED) is 0.139. The van der Waals surface area contributed by atoms with E-state index in [2.05, 4.69) is 10.3 Å². The van der Waals surface area contributed by atoms with Crippen molar-refractivity contribution < 1.29 is 40.1 Å². The molecule has 0 rings (SSSR count). The smallest absolute Gasteiger partial charge is 0.317 e. The summed E-state index contributed by atoms with van der Waals surface area (Å²) >= 11 is 0. The van der Waals surface area contributed by atoms with Gasteiger partial charge in [-0.05, 0) is 0 Å². The Morgan fingerprint density at radius 2 is 1.17 bits per heavy atom. The summed E-state index contributed by atoms with van der Waals surface area (Å²) in [4.78, 5) is 28.8. The zero-order valence-electron chi connectivity index (χ0n) is 11.1. The summed E-state index contributed by atoms with van der Waals surface area (Å²) in [6, 6.07) is 1.47. The lowest BCUT2D eigenvalue weighted by Crippen LogP contribution is -2.16. The first-order valence-electron chi connectivity index (χ1n) is 5.05. The van der Waals surface area contributed by atoms with Gasteiger partial charge in [0.05, 0.1) is 6.07 Å². The van der Waals surface area contributed by atoms with Gasteiger partial charge in [-0.2, -0.15) is 5.26 Å². The van der Waals surface area contributed by atoms with Crippen molar-refractivity contribution >= 4 is 29.6 Å². The molecule has 0 amide bonds. The highest BCUT2D eigenvalue weighted by Crippen LogP contribution is 1.76. The fourth-order valence-corrected chi connectivity index (χ4v) is 0.448. The van der Waals surface area contributed by atoms with Crippen LogP contribution in [0, 0.1) is 11.3 Å². The highest BCUT2D eigenvalue weighted by molar-refractivity contribution is 5.95. The summed E-state index contributed by atoms with van der Waals surface area (Å²) in [6.45, 7) is 0. The van der Waals surface area contributed by atoms with Crippen LogP contribution >= 0.6 is 0 Å². The number of nitriles is 1. The Labute approximate surface area is 130 Å². The number of rotatable bonds is 5. The van der Waals surface area contributed by atoms with Gasteiger partial charge < -0.3 is 37.2 Å². The first kappa shape index (κ1) is 27.7. The Bertz CT molecular complexity index is 438. The van der Waals surface area contributed by atoms with Gasteiger partial charge in [-0.1, -0.05) is 17.7 Å². The number of nitrogens with zero attached hydrogens (tertiary/aromatic N) is 3. The molecule has 0 aromatic heterocycles. The molecule has 0 fully saturated rings. The molecule has 0 aliphatic heterocycles. The Morgan fingerprint density at radius 3 is 1.22 bits per heavy atom. The predicted molar refractivity (Wildman–Crippen MR) is 75.9 cm³/mol. The SMILES string of the molecule is C.N#CCC(=O)O.N/C(CC(=O)O)=N/O.N/C(CC(=O)O)=N\O. The zero-order chi connectivity index (χ0) is 18.1. The van der Waals surface area contributed by atoms with Crippen LogP contribution in [0.4, 0.5) is 0 Å². The van der Waals surface area contributed by atoms with E-state index in [1.807, 2.05) is 0 Å². The fraction of sp³-hybridized carbons (Fsp3) is 0.400. The normalized spacial score (nSPS) is 9.52. The maximum atomic E-state index is 9.70. The van der Waals surface area contributed by atoms with Gasteiger partial charge in [0, 0.05) is 0 Å². The van der Waals surface area contributed by atoms with E-state index in [0.717, 1.165) is 0 Å². The largest absolute Gasteiger partial charge is 0.481 e. The van der Waals surface area contributed by atoms with Gasteiger partial charge in [-0.25, -0.2) is 0 Å². The lowest BCUT2D eigenvalue weighted by Gasteiger charge is -1.87. The van der Waals surface area contributed by atoms with Crippen LogP contribution in [0.15, 0.2) is 10.3 Å². The topological polar surface area (TPSA) is 253 Å². The first-order valence-corrected chi connectivity index (χ1v) is 5.05. The summed E-state index contributed by atoms with van der Waals surface area (Å²) in [7, 11) is 0. The van der Waals surface area contributed by atoms with Gasteiger partial charge in [0.15, 0.2) is 0 Å². The second-order valence-corrected chi connectivity index (χ2v) is 3.05. The minimum absolute atomic E-state index is 0. The van der Waals surface area contributed by atoms with E-state index < -0.39 is 37.2 Å². The molecule has 0 spiro atoms. The molecule has 13 heteroatoms. The van der Waals surface area contributed by atoms with Crippen molar-refractivity contribution in [2.24, 2.45) is 21.8 Å². The maximum Gasteiger partial charge on any atom is 0.317 e. The van der Waals surface area contributed by atoms with Crippen molar-refractivity contribution in [1.82, 2.24) is 0 Å². The van der Waals surface area contributed by atoms with Gasteiger partial charge in [0.1, 0.15) is 30.9 Å². The van der Waals surface area contributed by atoms with Crippen LogP contribution in [0.3, 0.4) is 0 Å². The molecule has 0 aromatic rings. The number of carboxylic acid groups (broad SMARTS) is 3. The summed E-state index contributed by atoms with van der Waals surface area (Å²) < 4.78 is 0. The van der Waals surface area contributed by atoms with E-state index in [0.29, 0.717) is 0 Å².